The molecule has 0 saturated heterocycles. The Balaban J connectivity index is 1.88. The minimum atomic E-state index is 0.435. The number of oxazole rings is 2. The van der Waals surface area contributed by atoms with Crippen molar-refractivity contribution < 1.29 is 8.83 Å². The van der Waals surface area contributed by atoms with E-state index in [9.17, 15) is 0 Å². The van der Waals surface area contributed by atoms with Gasteiger partial charge in [-0.05, 0) is 60.7 Å². The topological polar surface area (TPSA) is 52.1 Å². The van der Waals surface area contributed by atoms with E-state index in [1.54, 1.807) is 13.8 Å². The lowest BCUT2D eigenvalue weighted by atomic mass is 10.0. The van der Waals surface area contributed by atoms with E-state index >= 15 is 0 Å². The molecule has 0 unspecified atom stereocenters. The van der Waals surface area contributed by atoms with Gasteiger partial charge in [-0.1, -0.05) is 24.0 Å². The molecule has 0 amide bonds. The van der Waals surface area contributed by atoms with Gasteiger partial charge in [0.05, 0.1) is 0 Å². The van der Waals surface area contributed by atoms with Crippen LogP contribution in [0.5, 0.6) is 0 Å². The van der Waals surface area contributed by atoms with Crippen molar-refractivity contribution in [1.82, 2.24) is 9.97 Å². The van der Waals surface area contributed by atoms with Crippen LogP contribution in [0.25, 0.3) is 43.7 Å². The standard InChI is InChI=1S/C22H12N2O2/c1-3-5-19-23-21-15-7-8-16-14(13(15)9-11-17(21)25-19)10-12-18-22(16)24-20(26-18)6-4-2/h7-12H,1-2H3. The maximum absolute atomic E-state index is 5.70. The summed E-state index contributed by atoms with van der Waals surface area (Å²) >= 11 is 0. The van der Waals surface area contributed by atoms with Crippen LogP contribution in [0, 0.1) is 23.7 Å². The average molecular weight is 336 g/mol. The van der Waals surface area contributed by atoms with Crippen molar-refractivity contribution in [3.05, 3.63) is 48.2 Å². The van der Waals surface area contributed by atoms with E-state index in [0.717, 1.165) is 43.7 Å². The van der Waals surface area contributed by atoms with Gasteiger partial charge in [0.25, 0.3) is 11.8 Å². The number of nitrogens with zero attached hydrogens (tertiary/aromatic N) is 2. The lowest BCUT2D eigenvalue weighted by Crippen LogP contribution is -1.82. The fraction of sp³-hybridized carbons (Fsp3) is 0.0909. The van der Waals surface area contributed by atoms with Gasteiger partial charge in [-0.15, -0.1) is 0 Å². The summed E-state index contributed by atoms with van der Waals surface area (Å²) in [5.41, 5.74) is 3.11. The van der Waals surface area contributed by atoms with E-state index in [1.807, 2.05) is 36.4 Å². The fourth-order valence-electron chi connectivity index (χ4n) is 3.32. The first-order chi connectivity index (χ1) is 12.8. The quantitative estimate of drug-likeness (QED) is 0.294. The van der Waals surface area contributed by atoms with Crippen LogP contribution < -0.4 is 0 Å². The zero-order chi connectivity index (χ0) is 17.7. The second-order valence-electron chi connectivity index (χ2n) is 5.87. The first-order valence-electron chi connectivity index (χ1n) is 8.19. The Morgan fingerprint density at radius 2 is 1.04 bits per heavy atom. The Labute approximate surface area is 148 Å². The summed E-state index contributed by atoms with van der Waals surface area (Å²) in [5, 5.41) is 4.23. The Morgan fingerprint density at radius 3 is 1.46 bits per heavy atom. The molecule has 0 radical (unpaired) electrons. The molecule has 0 fully saturated rings. The minimum absolute atomic E-state index is 0.435. The zero-order valence-corrected chi connectivity index (χ0v) is 14.2. The second kappa shape index (κ2) is 5.37. The molecule has 3 aromatic carbocycles. The number of hydrogen-bond donors (Lipinski definition) is 0. The molecule has 0 aliphatic heterocycles. The highest BCUT2D eigenvalue weighted by atomic mass is 16.4. The van der Waals surface area contributed by atoms with Gasteiger partial charge in [0.1, 0.15) is 11.0 Å². The summed E-state index contributed by atoms with van der Waals surface area (Å²) in [4.78, 5) is 9.07. The number of aromatic nitrogens is 2. The molecular weight excluding hydrogens is 324 g/mol. The molecule has 26 heavy (non-hydrogen) atoms. The van der Waals surface area contributed by atoms with Crippen LogP contribution in [-0.4, -0.2) is 9.97 Å². The van der Waals surface area contributed by atoms with Gasteiger partial charge in [-0.25, -0.2) is 9.97 Å². The third-order valence-electron chi connectivity index (χ3n) is 4.37. The predicted molar refractivity (Wildman–Crippen MR) is 102 cm³/mol. The first-order valence-corrected chi connectivity index (χ1v) is 8.19. The molecule has 2 heterocycles. The first kappa shape index (κ1) is 14.6. The van der Waals surface area contributed by atoms with Crippen molar-refractivity contribution in [2.45, 2.75) is 13.8 Å². The lowest BCUT2D eigenvalue weighted by molar-refractivity contribution is 0.585. The lowest BCUT2D eigenvalue weighted by Gasteiger charge is -2.04. The molecule has 2 aromatic heterocycles. The van der Waals surface area contributed by atoms with Crippen molar-refractivity contribution in [3.8, 4) is 23.7 Å². The highest BCUT2D eigenvalue weighted by Crippen LogP contribution is 2.34. The summed E-state index contributed by atoms with van der Waals surface area (Å²) in [6.07, 6.45) is 0. The van der Waals surface area contributed by atoms with Crippen LogP contribution in [0.3, 0.4) is 0 Å². The van der Waals surface area contributed by atoms with Crippen molar-refractivity contribution in [3.63, 3.8) is 0 Å². The van der Waals surface area contributed by atoms with Gasteiger partial charge >= 0.3 is 0 Å². The zero-order valence-electron chi connectivity index (χ0n) is 14.2. The molecular formula is C22H12N2O2. The second-order valence-corrected chi connectivity index (χ2v) is 5.87. The van der Waals surface area contributed by atoms with Crippen LogP contribution in [0.1, 0.15) is 25.6 Å². The third-order valence-corrected chi connectivity index (χ3v) is 4.37. The van der Waals surface area contributed by atoms with Crippen LogP contribution in [0.2, 0.25) is 0 Å². The van der Waals surface area contributed by atoms with Gasteiger partial charge in [0, 0.05) is 10.8 Å². The number of benzene rings is 3. The Bertz CT molecular complexity index is 1350. The Kier molecular flexibility index (Phi) is 3.01. The fourth-order valence-corrected chi connectivity index (χ4v) is 3.32. The normalized spacial score (nSPS) is 10.8. The molecule has 0 saturated carbocycles. The van der Waals surface area contributed by atoms with Gasteiger partial charge in [-0.2, -0.15) is 0 Å². The van der Waals surface area contributed by atoms with Crippen LogP contribution in [0.15, 0.2) is 45.2 Å². The van der Waals surface area contributed by atoms with E-state index < -0.39 is 0 Å². The van der Waals surface area contributed by atoms with Gasteiger partial charge in [-0.3, -0.25) is 0 Å². The van der Waals surface area contributed by atoms with E-state index in [0.29, 0.717) is 11.8 Å². The van der Waals surface area contributed by atoms with Gasteiger partial charge < -0.3 is 8.83 Å². The SMILES string of the molecule is CC#Cc1nc2c(ccc3c4ccc5oc(C#CC)nc5c4ccc32)o1. The Hall–Kier alpha value is -3.76. The average Bonchev–Trinajstić information content (AvgIpc) is 3.24. The Morgan fingerprint density at radius 1 is 0.615 bits per heavy atom. The monoisotopic (exact) mass is 336 g/mol. The van der Waals surface area contributed by atoms with E-state index in [4.69, 9.17) is 8.83 Å². The molecule has 5 aromatic rings. The summed E-state index contributed by atoms with van der Waals surface area (Å²) in [6, 6.07) is 12.1. The van der Waals surface area contributed by atoms with Crippen LogP contribution >= 0.6 is 0 Å². The molecule has 0 spiro atoms. The summed E-state index contributed by atoms with van der Waals surface area (Å²) in [6.45, 7) is 3.53. The van der Waals surface area contributed by atoms with E-state index in [1.165, 1.54) is 0 Å². The molecule has 0 bridgehead atoms. The van der Waals surface area contributed by atoms with Crippen molar-refractivity contribution >= 4 is 43.7 Å². The van der Waals surface area contributed by atoms with Gasteiger partial charge in [0.2, 0.25) is 0 Å². The molecule has 4 heteroatoms. The molecule has 0 aliphatic rings. The van der Waals surface area contributed by atoms with Crippen LogP contribution in [-0.2, 0) is 0 Å². The smallest absolute Gasteiger partial charge is 0.274 e. The van der Waals surface area contributed by atoms with Crippen molar-refractivity contribution in [2.75, 3.05) is 0 Å². The predicted octanol–water partition coefficient (Wildman–Crippen LogP) is 5.02. The van der Waals surface area contributed by atoms with Gasteiger partial charge in [0.15, 0.2) is 11.2 Å². The number of fused-ring (bicyclic) bond motifs is 7. The molecule has 0 aliphatic carbocycles. The maximum Gasteiger partial charge on any atom is 0.274 e. The minimum Gasteiger partial charge on any atom is -0.430 e. The summed E-state index contributed by atoms with van der Waals surface area (Å²) in [7, 11) is 0. The molecule has 122 valence electrons. The highest BCUT2D eigenvalue weighted by molar-refractivity contribution is 6.19. The van der Waals surface area contributed by atoms with E-state index in [-0.39, 0.29) is 0 Å². The largest absolute Gasteiger partial charge is 0.430 e. The molecule has 4 nitrogen and oxygen atoms in total. The van der Waals surface area contributed by atoms with Crippen molar-refractivity contribution in [2.24, 2.45) is 0 Å². The molecule has 5 rings (SSSR count). The van der Waals surface area contributed by atoms with Crippen LogP contribution in [0.4, 0.5) is 0 Å². The number of rotatable bonds is 0. The van der Waals surface area contributed by atoms with Crippen molar-refractivity contribution in [1.29, 1.82) is 0 Å². The summed E-state index contributed by atoms with van der Waals surface area (Å²) < 4.78 is 11.4. The number of hydrogen-bond acceptors (Lipinski definition) is 4. The third kappa shape index (κ3) is 2.00. The molecule has 0 N–H and O–H groups in total. The maximum atomic E-state index is 5.70. The highest BCUT2D eigenvalue weighted by Gasteiger charge is 2.13. The molecule has 0 atom stereocenters. The van der Waals surface area contributed by atoms with E-state index in [2.05, 4.69) is 33.6 Å². The summed E-state index contributed by atoms with van der Waals surface area (Å²) in [5.74, 6) is 12.3.